The van der Waals surface area contributed by atoms with Gasteiger partial charge in [0.05, 0.1) is 7.11 Å². The lowest BCUT2D eigenvalue weighted by atomic mass is 9.62. The Morgan fingerprint density at radius 2 is 2.18 bits per heavy atom. The SMILES string of the molecule is COc1ccc(Cl)cc1C(N)C1(CN)CCC1. The van der Waals surface area contributed by atoms with Crippen molar-refractivity contribution in [1.29, 1.82) is 0 Å². The minimum Gasteiger partial charge on any atom is -0.496 e. The number of rotatable bonds is 4. The molecule has 17 heavy (non-hydrogen) atoms. The lowest BCUT2D eigenvalue weighted by Crippen LogP contribution is -2.46. The summed E-state index contributed by atoms with van der Waals surface area (Å²) >= 11 is 6.03. The van der Waals surface area contributed by atoms with Crippen LogP contribution in [0.2, 0.25) is 5.02 Å². The van der Waals surface area contributed by atoms with Gasteiger partial charge in [-0.15, -0.1) is 0 Å². The molecule has 1 aromatic rings. The summed E-state index contributed by atoms with van der Waals surface area (Å²) in [5, 5.41) is 0.683. The monoisotopic (exact) mass is 254 g/mol. The molecule has 0 bridgehead atoms. The smallest absolute Gasteiger partial charge is 0.123 e. The molecule has 2 rings (SSSR count). The normalized spacial score (nSPS) is 19.5. The molecule has 0 spiro atoms. The Labute approximate surface area is 107 Å². The summed E-state index contributed by atoms with van der Waals surface area (Å²) in [6.07, 6.45) is 3.37. The number of halogens is 1. The standard InChI is InChI=1S/C13H19ClN2O/c1-17-11-4-3-9(14)7-10(11)12(16)13(8-15)5-2-6-13/h3-4,7,12H,2,5-6,8,15-16H2,1H3. The third kappa shape index (κ3) is 2.15. The van der Waals surface area contributed by atoms with E-state index in [2.05, 4.69) is 0 Å². The number of methoxy groups -OCH3 is 1. The Balaban J connectivity index is 2.35. The quantitative estimate of drug-likeness (QED) is 0.868. The van der Waals surface area contributed by atoms with Gasteiger partial charge in [-0.1, -0.05) is 18.0 Å². The molecule has 3 nitrogen and oxygen atoms in total. The van der Waals surface area contributed by atoms with Gasteiger partial charge in [-0.25, -0.2) is 0 Å². The molecule has 4 N–H and O–H groups in total. The van der Waals surface area contributed by atoms with E-state index in [1.807, 2.05) is 18.2 Å². The molecule has 4 heteroatoms. The summed E-state index contributed by atoms with van der Waals surface area (Å²) in [4.78, 5) is 0. The Kier molecular flexibility index (Phi) is 3.61. The zero-order valence-corrected chi connectivity index (χ0v) is 10.8. The second kappa shape index (κ2) is 4.84. The van der Waals surface area contributed by atoms with E-state index in [0.29, 0.717) is 11.6 Å². The lowest BCUT2D eigenvalue weighted by molar-refractivity contribution is 0.103. The van der Waals surface area contributed by atoms with Gasteiger partial charge in [0.2, 0.25) is 0 Å². The van der Waals surface area contributed by atoms with Gasteiger partial charge in [0, 0.05) is 22.0 Å². The molecule has 0 aromatic heterocycles. The Morgan fingerprint density at radius 1 is 1.47 bits per heavy atom. The van der Waals surface area contributed by atoms with Crippen LogP contribution in [0.1, 0.15) is 30.9 Å². The van der Waals surface area contributed by atoms with Crippen molar-refractivity contribution in [1.82, 2.24) is 0 Å². The van der Waals surface area contributed by atoms with Crippen molar-refractivity contribution in [3.05, 3.63) is 28.8 Å². The number of hydrogen-bond acceptors (Lipinski definition) is 3. The van der Waals surface area contributed by atoms with E-state index < -0.39 is 0 Å². The number of hydrogen-bond donors (Lipinski definition) is 2. The first kappa shape index (κ1) is 12.7. The minimum atomic E-state index is -0.102. The van der Waals surface area contributed by atoms with Gasteiger partial charge < -0.3 is 16.2 Å². The van der Waals surface area contributed by atoms with Crippen molar-refractivity contribution in [3.63, 3.8) is 0 Å². The first-order valence-electron chi connectivity index (χ1n) is 5.92. The van der Waals surface area contributed by atoms with E-state index in [9.17, 15) is 0 Å². The predicted octanol–water partition coefficient (Wildman–Crippen LogP) is 2.48. The fraction of sp³-hybridized carbons (Fsp3) is 0.538. The maximum atomic E-state index is 6.37. The molecule has 94 valence electrons. The van der Waals surface area contributed by atoms with E-state index >= 15 is 0 Å². The molecule has 0 saturated heterocycles. The lowest BCUT2D eigenvalue weighted by Gasteiger charge is -2.46. The van der Waals surface area contributed by atoms with Crippen LogP contribution < -0.4 is 16.2 Å². The summed E-state index contributed by atoms with van der Waals surface area (Å²) in [6, 6.07) is 5.46. The van der Waals surface area contributed by atoms with E-state index in [0.717, 1.165) is 24.2 Å². The van der Waals surface area contributed by atoms with Gasteiger partial charge in [-0.3, -0.25) is 0 Å². The maximum absolute atomic E-state index is 6.37. The zero-order chi connectivity index (χ0) is 12.5. The van der Waals surface area contributed by atoms with Gasteiger partial charge in [-0.05, 0) is 37.6 Å². The summed E-state index contributed by atoms with van der Waals surface area (Å²) in [5.74, 6) is 0.793. The molecule has 1 fully saturated rings. The van der Waals surface area contributed by atoms with E-state index in [1.165, 1.54) is 6.42 Å². The van der Waals surface area contributed by atoms with Crippen LogP contribution in [0, 0.1) is 5.41 Å². The highest BCUT2D eigenvalue weighted by Gasteiger charge is 2.42. The molecule has 1 aromatic carbocycles. The largest absolute Gasteiger partial charge is 0.496 e. The average molecular weight is 255 g/mol. The molecule has 1 saturated carbocycles. The van der Waals surface area contributed by atoms with Crippen molar-refractivity contribution in [2.75, 3.05) is 13.7 Å². The van der Waals surface area contributed by atoms with Gasteiger partial charge in [0.1, 0.15) is 5.75 Å². The Bertz CT molecular complexity index is 399. The number of ether oxygens (including phenoxy) is 1. The number of nitrogens with two attached hydrogens (primary N) is 2. The van der Waals surface area contributed by atoms with Crippen LogP contribution in [-0.4, -0.2) is 13.7 Å². The molecule has 1 unspecified atom stereocenters. The van der Waals surface area contributed by atoms with Crippen LogP contribution in [0.4, 0.5) is 0 Å². The minimum absolute atomic E-state index is 0.0258. The second-order valence-electron chi connectivity index (χ2n) is 4.78. The summed E-state index contributed by atoms with van der Waals surface area (Å²) in [6.45, 7) is 0.615. The van der Waals surface area contributed by atoms with Crippen LogP contribution >= 0.6 is 11.6 Å². The van der Waals surface area contributed by atoms with E-state index in [4.69, 9.17) is 27.8 Å². The fourth-order valence-corrected chi connectivity index (χ4v) is 2.73. The first-order valence-corrected chi connectivity index (χ1v) is 6.30. The molecule has 0 amide bonds. The van der Waals surface area contributed by atoms with Crippen molar-refractivity contribution < 1.29 is 4.74 Å². The predicted molar refractivity (Wildman–Crippen MR) is 70.3 cm³/mol. The van der Waals surface area contributed by atoms with Crippen LogP contribution in [0.5, 0.6) is 5.75 Å². The van der Waals surface area contributed by atoms with Gasteiger partial charge in [-0.2, -0.15) is 0 Å². The van der Waals surface area contributed by atoms with Crippen molar-refractivity contribution in [2.45, 2.75) is 25.3 Å². The van der Waals surface area contributed by atoms with Crippen LogP contribution in [0.25, 0.3) is 0 Å². The third-order valence-corrected chi connectivity index (χ3v) is 4.18. The molecule has 1 atom stereocenters. The molecule has 1 aliphatic carbocycles. The number of benzene rings is 1. The van der Waals surface area contributed by atoms with E-state index in [1.54, 1.807) is 7.11 Å². The molecule has 1 aliphatic rings. The topological polar surface area (TPSA) is 61.3 Å². The molecular weight excluding hydrogens is 236 g/mol. The third-order valence-electron chi connectivity index (χ3n) is 3.94. The van der Waals surface area contributed by atoms with Crippen LogP contribution in [0.15, 0.2) is 18.2 Å². The van der Waals surface area contributed by atoms with Crippen molar-refractivity contribution >= 4 is 11.6 Å². The molecule has 0 heterocycles. The summed E-state index contributed by atoms with van der Waals surface area (Å²) in [5.41, 5.74) is 13.2. The second-order valence-corrected chi connectivity index (χ2v) is 5.22. The maximum Gasteiger partial charge on any atom is 0.123 e. The highest BCUT2D eigenvalue weighted by atomic mass is 35.5. The summed E-state index contributed by atoms with van der Waals surface area (Å²) in [7, 11) is 1.65. The van der Waals surface area contributed by atoms with Crippen LogP contribution in [-0.2, 0) is 0 Å². The summed E-state index contributed by atoms with van der Waals surface area (Å²) < 4.78 is 5.35. The molecule has 0 aliphatic heterocycles. The Morgan fingerprint density at radius 3 is 2.65 bits per heavy atom. The van der Waals surface area contributed by atoms with Crippen molar-refractivity contribution in [3.8, 4) is 5.75 Å². The average Bonchev–Trinajstić information content (AvgIpc) is 2.28. The molecule has 0 radical (unpaired) electrons. The van der Waals surface area contributed by atoms with Gasteiger partial charge in [0.25, 0.3) is 0 Å². The van der Waals surface area contributed by atoms with E-state index in [-0.39, 0.29) is 11.5 Å². The zero-order valence-electron chi connectivity index (χ0n) is 10.1. The van der Waals surface area contributed by atoms with Crippen LogP contribution in [0.3, 0.4) is 0 Å². The van der Waals surface area contributed by atoms with Crippen molar-refractivity contribution in [2.24, 2.45) is 16.9 Å². The Hall–Kier alpha value is -0.770. The van der Waals surface area contributed by atoms with Gasteiger partial charge in [0.15, 0.2) is 0 Å². The fourth-order valence-electron chi connectivity index (χ4n) is 2.55. The highest BCUT2D eigenvalue weighted by molar-refractivity contribution is 6.30. The first-order chi connectivity index (χ1) is 8.13. The highest BCUT2D eigenvalue weighted by Crippen LogP contribution is 2.50. The van der Waals surface area contributed by atoms with Gasteiger partial charge >= 0.3 is 0 Å². The molecular formula is C13H19ClN2O.